The van der Waals surface area contributed by atoms with Gasteiger partial charge < -0.3 is 15.0 Å². The zero-order valence-electron chi connectivity index (χ0n) is 16.5. The maximum absolute atomic E-state index is 13.2. The average Bonchev–Trinajstić information content (AvgIpc) is 3.20. The van der Waals surface area contributed by atoms with Gasteiger partial charge in [-0.2, -0.15) is 0 Å². The van der Waals surface area contributed by atoms with Crippen molar-refractivity contribution in [2.24, 2.45) is 0 Å². The molecule has 0 radical (unpaired) electrons. The smallest absolute Gasteiger partial charge is 0.239 e. The summed E-state index contributed by atoms with van der Waals surface area (Å²) in [5.41, 5.74) is 1.18. The first-order valence-corrected chi connectivity index (χ1v) is 10.7. The molecule has 0 spiro atoms. The fourth-order valence-electron chi connectivity index (χ4n) is 4.90. The van der Waals surface area contributed by atoms with Crippen molar-refractivity contribution in [3.8, 4) is 5.75 Å². The second-order valence-electron chi connectivity index (χ2n) is 8.29. The number of ether oxygens (including phenoxy) is 1. The molecule has 3 aliphatic rings. The van der Waals surface area contributed by atoms with E-state index in [-0.39, 0.29) is 12.1 Å². The first kappa shape index (κ1) is 18.8. The maximum Gasteiger partial charge on any atom is 0.239 e. The maximum atomic E-state index is 13.2. The summed E-state index contributed by atoms with van der Waals surface area (Å²) < 4.78 is 6.20. The number of carbonyl (C=O) groups excluding carboxylic acids is 1. The summed E-state index contributed by atoms with van der Waals surface area (Å²) in [7, 11) is 0. The summed E-state index contributed by atoms with van der Waals surface area (Å²) in [6, 6.07) is 8.90. The van der Waals surface area contributed by atoms with Crippen molar-refractivity contribution in [2.75, 3.05) is 32.7 Å². The largest absolute Gasteiger partial charge is 0.490 e. The number of nitrogens with one attached hydrogen (secondary N) is 1. The molecule has 0 saturated carbocycles. The van der Waals surface area contributed by atoms with Crippen molar-refractivity contribution >= 4 is 5.91 Å². The minimum Gasteiger partial charge on any atom is -0.490 e. The molecular weight excluding hydrogens is 338 g/mol. The summed E-state index contributed by atoms with van der Waals surface area (Å²) in [4.78, 5) is 17.8. The number of carbonyl (C=O) groups is 1. The van der Waals surface area contributed by atoms with E-state index in [0.717, 1.165) is 64.2 Å². The molecule has 1 N–H and O–H groups in total. The molecular formula is C22H33N3O2. The number of amides is 1. The number of likely N-dealkylation sites (tertiary alicyclic amines) is 2. The lowest BCUT2D eigenvalue weighted by Crippen LogP contribution is -2.53. The van der Waals surface area contributed by atoms with E-state index >= 15 is 0 Å². The van der Waals surface area contributed by atoms with Gasteiger partial charge in [0.15, 0.2) is 0 Å². The molecule has 4 rings (SSSR count). The number of hydrogen-bond acceptors (Lipinski definition) is 4. The highest BCUT2D eigenvalue weighted by atomic mass is 16.5. The molecule has 27 heavy (non-hydrogen) atoms. The predicted molar refractivity (Wildman–Crippen MR) is 107 cm³/mol. The van der Waals surface area contributed by atoms with Crippen LogP contribution in [0.2, 0.25) is 0 Å². The number of benzene rings is 1. The fourth-order valence-corrected chi connectivity index (χ4v) is 4.90. The van der Waals surface area contributed by atoms with Crippen LogP contribution >= 0.6 is 0 Å². The predicted octanol–water partition coefficient (Wildman–Crippen LogP) is 2.58. The van der Waals surface area contributed by atoms with Crippen LogP contribution < -0.4 is 10.1 Å². The van der Waals surface area contributed by atoms with Gasteiger partial charge in [-0.25, -0.2) is 0 Å². The van der Waals surface area contributed by atoms with Gasteiger partial charge in [0, 0.05) is 32.0 Å². The molecule has 3 fully saturated rings. The van der Waals surface area contributed by atoms with Crippen LogP contribution in [0, 0.1) is 6.92 Å². The number of nitrogens with zero attached hydrogens (tertiary/aromatic N) is 2. The summed E-state index contributed by atoms with van der Waals surface area (Å²) in [6.07, 6.45) is 6.63. The van der Waals surface area contributed by atoms with E-state index in [9.17, 15) is 4.79 Å². The van der Waals surface area contributed by atoms with Gasteiger partial charge in [0.2, 0.25) is 5.91 Å². The van der Waals surface area contributed by atoms with Crippen molar-refractivity contribution in [3.63, 3.8) is 0 Å². The monoisotopic (exact) mass is 371 g/mol. The number of piperidine rings is 2. The van der Waals surface area contributed by atoms with Crippen LogP contribution in [-0.4, -0.2) is 66.6 Å². The second kappa shape index (κ2) is 8.61. The standard InChI is InChI=1S/C22H33N3O2/c1-17-5-2-3-7-21(17)27-19-10-15-24(16-11-19)22(26)20-6-4-14-25(20)18-8-12-23-13-9-18/h2-3,5,7,18-20,23H,4,6,8-16H2,1H3/t20-/m0/s1. The van der Waals surface area contributed by atoms with Crippen LogP contribution in [0.4, 0.5) is 0 Å². The number of rotatable bonds is 4. The molecule has 148 valence electrons. The molecule has 0 aliphatic carbocycles. The highest BCUT2D eigenvalue weighted by Crippen LogP contribution is 2.28. The SMILES string of the molecule is Cc1ccccc1OC1CCN(C(=O)[C@@H]2CCCN2C2CCNCC2)CC1. The Labute approximate surface area is 163 Å². The molecule has 1 atom stereocenters. The van der Waals surface area contributed by atoms with Crippen molar-refractivity contribution in [1.29, 1.82) is 0 Å². The van der Waals surface area contributed by atoms with Crippen molar-refractivity contribution in [2.45, 2.75) is 63.6 Å². The third-order valence-corrected chi connectivity index (χ3v) is 6.50. The van der Waals surface area contributed by atoms with E-state index < -0.39 is 0 Å². The first-order chi connectivity index (χ1) is 13.2. The van der Waals surface area contributed by atoms with Gasteiger partial charge >= 0.3 is 0 Å². The zero-order chi connectivity index (χ0) is 18.6. The lowest BCUT2D eigenvalue weighted by Gasteiger charge is -2.39. The Morgan fingerprint density at radius 2 is 1.78 bits per heavy atom. The van der Waals surface area contributed by atoms with E-state index in [1.807, 2.05) is 18.2 Å². The summed E-state index contributed by atoms with van der Waals surface area (Å²) in [5, 5.41) is 3.44. The lowest BCUT2D eigenvalue weighted by atomic mass is 10.0. The van der Waals surface area contributed by atoms with E-state index in [4.69, 9.17) is 4.74 Å². The van der Waals surface area contributed by atoms with Gasteiger partial charge in [0.1, 0.15) is 11.9 Å². The van der Waals surface area contributed by atoms with Crippen LogP contribution in [0.3, 0.4) is 0 Å². The topological polar surface area (TPSA) is 44.8 Å². The summed E-state index contributed by atoms with van der Waals surface area (Å²) >= 11 is 0. The molecule has 1 amide bonds. The van der Waals surface area contributed by atoms with Crippen LogP contribution in [0.15, 0.2) is 24.3 Å². The quantitative estimate of drug-likeness (QED) is 0.884. The van der Waals surface area contributed by atoms with Crippen LogP contribution in [0.25, 0.3) is 0 Å². The first-order valence-electron chi connectivity index (χ1n) is 10.7. The van der Waals surface area contributed by atoms with E-state index in [1.165, 1.54) is 18.4 Å². The number of para-hydroxylation sites is 1. The molecule has 5 heteroatoms. The van der Waals surface area contributed by atoms with Crippen molar-refractivity contribution in [3.05, 3.63) is 29.8 Å². The molecule has 0 bridgehead atoms. The average molecular weight is 372 g/mol. The minimum absolute atomic E-state index is 0.113. The lowest BCUT2D eigenvalue weighted by molar-refractivity contribution is -0.138. The van der Waals surface area contributed by atoms with E-state index in [0.29, 0.717) is 11.9 Å². The molecule has 3 saturated heterocycles. The Morgan fingerprint density at radius 1 is 1.04 bits per heavy atom. The van der Waals surface area contributed by atoms with Crippen molar-refractivity contribution in [1.82, 2.24) is 15.1 Å². The molecule has 0 aromatic heterocycles. The summed E-state index contributed by atoms with van der Waals surface area (Å²) in [6.45, 7) is 7.00. The molecule has 1 aromatic rings. The Kier molecular flexibility index (Phi) is 5.98. The third kappa shape index (κ3) is 4.30. The molecule has 3 aliphatic heterocycles. The van der Waals surface area contributed by atoms with Crippen molar-refractivity contribution < 1.29 is 9.53 Å². The Bertz CT molecular complexity index is 636. The Balaban J connectivity index is 1.31. The van der Waals surface area contributed by atoms with Gasteiger partial charge in [-0.3, -0.25) is 9.69 Å². The van der Waals surface area contributed by atoms with Gasteiger partial charge in [-0.15, -0.1) is 0 Å². The van der Waals surface area contributed by atoms with Crippen LogP contribution in [-0.2, 0) is 4.79 Å². The highest BCUT2D eigenvalue weighted by molar-refractivity contribution is 5.82. The van der Waals surface area contributed by atoms with Gasteiger partial charge in [-0.1, -0.05) is 18.2 Å². The Morgan fingerprint density at radius 3 is 2.52 bits per heavy atom. The van der Waals surface area contributed by atoms with Gasteiger partial charge in [-0.05, 0) is 63.9 Å². The number of aryl methyl sites for hydroxylation is 1. The minimum atomic E-state index is 0.113. The van der Waals surface area contributed by atoms with Crippen LogP contribution in [0.5, 0.6) is 5.75 Å². The number of hydrogen-bond donors (Lipinski definition) is 1. The van der Waals surface area contributed by atoms with Crippen LogP contribution in [0.1, 0.15) is 44.1 Å². The van der Waals surface area contributed by atoms with Gasteiger partial charge in [0.25, 0.3) is 0 Å². The fraction of sp³-hybridized carbons (Fsp3) is 0.682. The van der Waals surface area contributed by atoms with Gasteiger partial charge in [0.05, 0.1) is 6.04 Å². The third-order valence-electron chi connectivity index (χ3n) is 6.50. The van der Waals surface area contributed by atoms with E-state index in [1.54, 1.807) is 0 Å². The molecule has 0 unspecified atom stereocenters. The highest BCUT2D eigenvalue weighted by Gasteiger charge is 2.38. The normalized spacial score (nSPS) is 25.7. The molecule has 5 nitrogen and oxygen atoms in total. The zero-order valence-corrected chi connectivity index (χ0v) is 16.5. The summed E-state index contributed by atoms with van der Waals surface area (Å²) in [5.74, 6) is 1.34. The molecule has 3 heterocycles. The van der Waals surface area contributed by atoms with E-state index in [2.05, 4.69) is 28.1 Å². The second-order valence-corrected chi connectivity index (χ2v) is 8.29. The Hall–Kier alpha value is -1.59. The molecule has 1 aromatic carbocycles.